The number of amides is 1. The van der Waals surface area contributed by atoms with E-state index >= 15 is 0 Å². The molecule has 1 aromatic rings. The van der Waals surface area contributed by atoms with Gasteiger partial charge in [0.25, 0.3) is 0 Å². The van der Waals surface area contributed by atoms with Gasteiger partial charge in [0.2, 0.25) is 5.91 Å². The summed E-state index contributed by atoms with van der Waals surface area (Å²) in [6, 6.07) is 0. The van der Waals surface area contributed by atoms with Crippen LogP contribution in [0.5, 0.6) is 0 Å². The van der Waals surface area contributed by atoms with E-state index in [-0.39, 0.29) is 23.7 Å². The molecule has 1 aliphatic rings. The number of nitrogens with one attached hydrogen (secondary N) is 1. The van der Waals surface area contributed by atoms with Gasteiger partial charge in [-0.3, -0.25) is 9.59 Å². The predicted octanol–water partition coefficient (Wildman–Crippen LogP) is 2.77. The first-order valence-electron chi connectivity index (χ1n) is 6.95. The van der Waals surface area contributed by atoms with E-state index in [0.29, 0.717) is 17.4 Å². The third-order valence-electron chi connectivity index (χ3n) is 3.66. The van der Waals surface area contributed by atoms with Crippen molar-refractivity contribution in [1.82, 2.24) is 4.98 Å². The Morgan fingerprint density at radius 3 is 2.80 bits per heavy atom. The molecule has 1 heterocycles. The van der Waals surface area contributed by atoms with Crippen LogP contribution in [-0.4, -0.2) is 23.5 Å². The molecule has 0 unspecified atom stereocenters. The van der Waals surface area contributed by atoms with Gasteiger partial charge >= 0.3 is 5.97 Å². The molecule has 0 aromatic carbocycles. The summed E-state index contributed by atoms with van der Waals surface area (Å²) in [5, 5.41) is 5.21. The van der Waals surface area contributed by atoms with E-state index in [4.69, 9.17) is 4.74 Å². The Morgan fingerprint density at radius 2 is 2.15 bits per heavy atom. The number of thiazole rings is 1. The fourth-order valence-corrected chi connectivity index (χ4v) is 3.14. The van der Waals surface area contributed by atoms with Gasteiger partial charge < -0.3 is 10.1 Å². The average Bonchev–Trinajstić information content (AvgIpc) is 3.00. The molecule has 1 aromatic heterocycles. The van der Waals surface area contributed by atoms with Crippen LogP contribution in [0.1, 0.15) is 45.2 Å². The molecule has 1 amide bonds. The summed E-state index contributed by atoms with van der Waals surface area (Å²) in [6.07, 6.45) is 4.23. The summed E-state index contributed by atoms with van der Waals surface area (Å²) in [4.78, 5) is 27.9. The van der Waals surface area contributed by atoms with Crippen LogP contribution in [0.3, 0.4) is 0 Å². The van der Waals surface area contributed by atoms with Crippen LogP contribution < -0.4 is 5.32 Å². The van der Waals surface area contributed by atoms with Crippen molar-refractivity contribution < 1.29 is 14.3 Å². The minimum absolute atomic E-state index is 0.0343. The molecule has 1 N–H and O–H groups in total. The quantitative estimate of drug-likeness (QED) is 0.848. The minimum Gasteiger partial charge on any atom is -0.466 e. The zero-order valence-corrected chi connectivity index (χ0v) is 12.7. The van der Waals surface area contributed by atoms with Gasteiger partial charge in [0.1, 0.15) is 0 Å². The van der Waals surface area contributed by atoms with E-state index in [2.05, 4.69) is 10.3 Å². The van der Waals surface area contributed by atoms with Crippen molar-refractivity contribution in [2.24, 2.45) is 5.41 Å². The zero-order chi connectivity index (χ0) is 14.6. The number of hydrogen-bond acceptors (Lipinski definition) is 5. The first-order chi connectivity index (χ1) is 9.53. The van der Waals surface area contributed by atoms with Gasteiger partial charge in [0, 0.05) is 10.8 Å². The van der Waals surface area contributed by atoms with Gasteiger partial charge in [-0.1, -0.05) is 19.8 Å². The molecule has 0 spiro atoms. The topological polar surface area (TPSA) is 68.3 Å². The third kappa shape index (κ3) is 3.56. The zero-order valence-electron chi connectivity index (χ0n) is 11.9. The van der Waals surface area contributed by atoms with Crippen molar-refractivity contribution in [1.29, 1.82) is 0 Å². The second kappa shape index (κ2) is 6.35. The van der Waals surface area contributed by atoms with E-state index in [0.717, 1.165) is 25.7 Å². The number of hydrogen-bond donors (Lipinski definition) is 1. The molecule has 1 aliphatic carbocycles. The maximum atomic E-state index is 12.2. The van der Waals surface area contributed by atoms with Crippen LogP contribution in [0.15, 0.2) is 5.38 Å². The lowest BCUT2D eigenvalue weighted by atomic mass is 9.88. The molecule has 5 nitrogen and oxygen atoms in total. The standard InChI is InChI=1S/C14H20N2O3S/c1-3-19-11(17)8-10-9-20-13(15-10)16-12(18)14(2)6-4-5-7-14/h9H,3-8H2,1-2H3,(H,15,16,18). The van der Waals surface area contributed by atoms with E-state index in [1.54, 1.807) is 12.3 Å². The van der Waals surface area contributed by atoms with Crippen LogP contribution >= 0.6 is 11.3 Å². The number of ether oxygens (including phenoxy) is 1. The summed E-state index contributed by atoms with van der Waals surface area (Å²) >= 11 is 1.34. The molecule has 0 saturated heterocycles. The first kappa shape index (κ1) is 15.0. The van der Waals surface area contributed by atoms with Crippen molar-refractivity contribution in [2.45, 2.75) is 46.0 Å². The molecule has 0 bridgehead atoms. The molecule has 1 fully saturated rings. The summed E-state index contributed by atoms with van der Waals surface area (Å²) in [5.74, 6) is -0.259. The highest BCUT2D eigenvalue weighted by molar-refractivity contribution is 7.13. The lowest BCUT2D eigenvalue weighted by Gasteiger charge is -2.21. The summed E-state index contributed by atoms with van der Waals surface area (Å²) < 4.78 is 4.87. The number of rotatable bonds is 5. The molecular formula is C14H20N2O3S. The van der Waals surface area contributed by atoms with E-state index in [1.807, 2.05) is 6.92 Å². The molecule has 2 rings (SSSR count). The average molecular weight is 296 g/mol. The Kier molecular flexibility index (Phi) is 4.75. The van der Waals surface area contributed by atoms with Gasteiger partial charge in [-0.25, -0.2) is 4.98 Å². The monoisotopic (exact) mass is 296 g/mol. The normalized spacial score (nSPS) is 16.9. The van der Waals surface area contributed by atoms with Crippen molar-refractivity contribution in [2.75, 3.05) is 11.9 Å². The third-order valence-corrected chi connectivity index (χ3v) is 4.46. The lowest BCUT2D eigenvalue weighted by molar-refractivity contribution is -0.142. The van der Waals surface area contributed by atoms with Crippen molar-refractivity contribution >= 4 is 28.3 Å². The van der Waals surface area contributed by atoms with Gasteiger partial charge in [0.05, 0.1) is 18.7 Å². The molecule has 0 atom stereocenters. The highest BCUT2D eigenvalue weighted by Gasteiger charge is 2.36. The highest BCUT2D eigenvalue weighted by atomic mass is 32.1. The summed E-state index contributed by atoms with van der Waals surface area (Å²) in [5.41, 5.74) is 0.368. The lowest BCUT2D eigenvalue weighted by Crippen LogP contribution is -2.30. The van der Waals surface area contributed by atoms with Crippen LogP contribution in [0.25, 0.3) is 0 Å². The van der Waals surface area contributed by atoms with Crippen LogP contribution in [0.2, 0.25) is 0 Å². The van der Waals surface area contributed by atoms with Gasteiger partial charge in [0.15, 0.2) is 5.13 Å². The minimum atomic E-state index is -0.293. The van der Waals surface area contributed by atoms with Crippen LogP contribution in [0.4, 0.5) is 5.13 Å². The molecule has 6 heteroatoms. The Hall–Kier alpha value is -1.43. The Labute approximate surface area is 122 Å². The summed E-state index contributed by atoms with van der Waals surface area (Å²) in [6.45, 7) is 4.14. The number of aromatic nitrogens is 1. The number of carbonyl (C=O) groups is 2. The van der Waals surface area contributed by atoms with Gasteiger partial charge in [-0.2, -0.15) is 0 Å². The molecule has 20 heavy (non-hydrogen) atoms. The number of anilines is 1. The van der Waals surface area contributed by atoms with E-state index in [1.165, 1.54) is 11.3 Å². The molecule has 0 radical (unpaired) electrons. The largest absolute Gasteiger partial charge is 0.466 e. The summed E-state index contributed by atoms with van der Waals surface area (Å²) in [7, 11) is 0. The molecule has 1 saturated carbocycles. The predicted molar refractivity (Wildman–Crippen MR) is 77.7 cm³/mol. The van der Waals surface area contributed by atoms with E-state index in [9.17, 15) is 9.59 Å². The second-order valence-corrected chi connectivity index (χ2v) is 6.21. The van der Waals surface area contributed by atoms with Crippen molar-refractivity contribution in [3.05, 3.63) is 11.1 Å². The Morgan fingerprint density at radius 1 is 1.45 bits per heavy atom. The molecule has 0 aliphatic heterocycles. The number of esters is 1. The van der Waals surface area contributed by atoms with Gasteiger partial charge in [-0.15, -0.1) is 11.3 Å². The maximum Gasteiger partial charge on any atom is 0.311 e. The number of carbonyl (C=O) groups excluding carboxylic acids is 2. The smallest absolute Gasteiger partial charge is 0.311 e. The first-order valence-corrected chi connectivity index (χ1v) is 7.83. The SMILES string of the molecule is CCOC(=O)Cc1csc(NC(=O)C2(C)CCCC2)n1. The van der Waals surface area contributed by atoms with Crippen LogP contribution in [0, 0.1) is 5.41 Å². The van der Waals surface area contributed by atoms with Crippen molar-refractivity contribution in [3.63, 3.8) is 0 Å². The van der Waals surface area contributed by atoms with Gasteiger partial charge in [-0.05, 0) is 19.8 Å². The highest BCUT2D eigenvalue weighted by Crippen LogP contribution is 2.38. The Balaban J connectivity index is 1.92. The van der Waals surface area contributed by atoms with Crippen LogP contribution in [-0.2, 0) is 20.7 Å². The molecule has 110 valence electrons. The fraction of sp³-hybridized carbons (Fsp3) is 0.643. The maximum absolute atomic E-state index is 12.2. The van der Waals surface area contributed by atoms with Crippen molar-refractivity contribution in [3.8, 4) is 0 Å². The van der Waals surface area contributed by atoms with E-state index < -0.39 is 0 Å². The molecular weight excluding hydrogens is 276 g/mol. The number of nitrogens with zero attached hydrogens (tertiary/aromatic N) is 1. The Bertz CT molecular complexity index is 492. The second-order valence-electron chi connectivity index (χ2n) is 5.35. The fourth-order valence-electron chi connectivity index (χ4n) is 2.44.